The van der Waals surface area contributed by atoms with Crippen molar-refractivity contribution in [1.82, 2.24) is 15.1 Å². The molecule has 2 aromatic rings. The molecule has 0 spiro atoms. The summed E-state index contributed by atoms with van der Waals surface area (Å²) in [7, 11) is 1.46. The molecular weight excluding hydrogens is 324 g/mol. The molecule has 0 aliphatic carbocycles. The largest absolute Gasteiger partial charge is 0.478 e. The number of nitrogens with zero attached hydrogens (tertiary/aromatic N) is 2. The lowest BCUT2D eigenvalue weighted by molar-refractivity contribution is -0.0498. The molecule has 1 aromatic heterocycles. The van der Waals surface area contributed by atoms with Crippen molar-refractivity contribution in [3.63, 3.8) is 0 Å². The van der Waals surface area contributed by atoms with Gasteiger partial charge in [0.15, 0.2) is 0 Å². The molecule has 7 nitrogen and oxygen atoms in total. The molecule has 0 saturated heterocycles. The van der Waals surface area contributed by atoms with Gasteiger partial charge in [-0.25, -0.2) is 4.79 Å². The minimum absolute atomic E-state index is 0.00655. The van der Waals surface area contributed by atoms with Crippen molar-refractivity contribution < 1.29 is 28.2 Å². The summed E-state index contributed by atoms with van der Waals surface area (Å²) in [6.07, 6.45) is 1.10. The van der Waals surface area contributed by atoms with Crippen molar-refractivity contribution in [3.8, 4) is 5.75 Å². The Hall–Kier alpha value is -2.97. The Morgan fingerprint density at radius 3 is 2.46 bits per heavy atom. The number of carboxylic acid groups (broad SMARTS) is 1. The lowest BCUT2D eigenvalue weighted by Crippen LogP contribution is -2.29. The van der Waals surface area contributed by atoms with Gasteiger partial charge in [0.25, 0.3) is 5.91 Å². The Morgan fingerprint density at radius 1 is 1.29 bits per heavy atom. The van der Waals surface area contributed by atoms with Crippen LogP contribution in [0.15, 0.2) is 30.5 Å². The molecule has 1 atom stereocenters. The van der Waals surface area contributed by atoms with Gasteiger partial charge in [0.1, 0.15) is 17.0 Å². The number of aromatic carboxylic acids is 1. The molecule has 128 valence electrons. The number of ether oxygens (including phenoxy) is 1. The van der Waals surface area contributed by atoms with E-state index in [9.17, 15) is 18.4 Å². The monoisotopic (exact) mass is 339 g/mol. The van der Waals surface area contributed by atoms with Crippen molar-refractivity contribution in [3.05, 3.63) is 47.3 Å². The normalized spacial score (nSPS) is 12.0. The van der Waals surface area contributed by atoms with Crippen LogP contribution in [-0.4, -0.2) is 33.4 Å². The smallest absolute Gasteiger partial charge is 0.387 e. The van der Waals surface area contributed by atoms with Gasteiger partial charge in [-0.2, -0.15) is 13.9 Å². The number of benzene rings is 1. The number of halogens is 2. The first-order chi connectivity index (χ1) is 11.3. The molecule has 0 radical (unpaired) electrons. The summed E-state index contributed by atoms with van der Waals surface area (Å²) in [6.45, 7) is -1.23. The molecule has 0 saturated carbocycles. The first kappa shape index (κ1) is 17.4. The number of nitrogens with one attached hydrogen (secondary N) is 1. The topological polar surface area (TPSA) is 93.5 Å². The third kappa shape index (κ3) is 3.86. The van der Waals surface area contributed by atoms with Gasteiger partial charge >= 0.3 is 12.6 Å². The lowest BCUT2D eigenvalue weighted by atomic mass is 10.1. The van der Waals surface area contributed by atoms with Gasteiger partial charge in [-0.1, -0.05) is 12.1 Å². The molecule has 1 heterocycles. The van der Waals surface area contributed by atoms with Gasteiger partial charge in [-0.15, -0.1) is 0 Å². The van der Waals surface area contributed by atoms with Crippen molar-refractivity contribution in [2.24, 2.45) is 7.05 Å². The highest BCUT2D eigenvalue weighted by molar-refractivity contribution is 6.03. The highest BCUT2D eigenvalue weighted by atomic mass is 19.3. The Bertz CT molecular complexity index is 744. The fraction of sp³-hybridized carbons (Fsp3) is 0.267. The number of carbonyl (C=O) groups is 2. The summed E-state index contributed by atoms with van der Waals surface area (Å²) < 4.78 is 29.6. The number of carboxylic acids is 1. The number of alkyl halides is 2. The summed E-state index contributed by atoms with van der Waals surface area (Å²) >= 11 is 0. The number of hydrogen-bond donors (Lipinski definition) is 2. The molecule has 9 heteroatoms. The van der Waals surface area contributed by atoms with Crippen LogP contribution in [-0.2, 0) is 7.05 Å². The summed E-state index contributed by atoms with van der Waals surface area (Å²) in [5, 5.41) is 15.5. The predicted molar refractivity (Wildman–Crippen MR) is 79.1 cm³/mol. The van der Waals surface area contributed by atoms with Crippen LogP contribution < -0.4 is 10.1 Å². The maximum absolute atomic E-state index is 12.3. The molecule has 0 unspecified atom stereocenters. The van der Waals surface area contributed by atoms with Crippen molar-refractivity contribution in [2.75, 3.05) is 0 Å². The number of amides is 1. The first-order valence-corrected chi connectivity index (χ1v) is 6.90. The minimum atomic E-state index is -2.91. The van der Waals surface area contributed by atoms with E-state index >= 15 is 0 Å². The van der Waals surface area contributed by atoms with E-state index in [0.717, 1.165) is 6.20 Å². The Kier molecular flexibility index (Phi) is 5.12. The van der Waals surface area contributed by atoms with Crippen LogP contribution in [0.3, 0.4) is 0 Å². The van der Waals surface area contributed by atoms with Crippen molar-refractivity contribution in [2.45, 2.75) is 19.6 Å². The molecule has 24 heavy (non-hydrogen) atoms. The van der Waals surface area contributed by atoms with Crippen LogP contribution in [0.1, 0.15) is 39.4 Å². The van der Waals surface area contributed by atoms with Crippen LogP contribution in [0.5, 0.6) is 5.75 Å². The molecule has 0 aliphatic heterocycles. The lowest BCUT2D eigenvalue weighted by Gasteiger charge is -2.15. The van der Waals surface area contributed by atoms with Crippen molar-refractivity contribution in [1.29, 1.82) is 0 Å². The van der Waals surface area contributed by atoms with E-state index in [1.54, 1.807) is 6.92 Å². The second-order valence-corrected chi connectivity index (χ2v) is 4.98. The number of aryl methyl sites for hydroxylation is 1. The van der Waals surface area contributed by atoms with E-state index in [4.69, 9.17) is 5.11 Å². The zero-order valence-electron chi connectivity index (χ0n) is 12.9. The van der Waals surface area contributed by atoms with Gasteiger partial charge in [0, 0.05) is 7.05 Å². The second-order valence-electron chi connectivity index (χ2n) is 4.98. The van der Waals surface area contributed by atoms with E-state index in [1.165, 1.54) is 36.0 Å². The van der Waals surface area contributed by atoms with Crippen LogP contribution >= 0.6 is 0 Å². The molecule has 2 N–H and O–H groups in total. The highest BCUT2D eigenvalue weighted by Gasteiger charge is 2.23. The van der Waals surface area contributed by atoms with Crippen LogP contribution in [0.25, 0.3) is 0 Å². The highest BCUT2D eigenvalue weighted by Crippen LogP contribution is 2.20. The van der Waals surface area contributed by atoms with Gasteiger partial charge < -0.3 is 15.2 Å². The summed E-state index contributed by atoms with van der Waals surface area (Å²) in [4.78, 5) is 23.4. The number of carbonyl (C=O) groups excluding carboxylic acids is 1. The first-order valence-electron chi connectivity index (χ1n) is 6.90. The Morgan fingerprint density at radius 2 is 1.92 bits per heavy atom. The van der Waals surface area contributed by atoms with Gasteiger partial charge in [-0.05, 0) is 24.6 Å². The molecule has 0 bridgehead atoms. The SMILES string of the molecule is C[C@H](NC(=O)c1c(C(=O)O)cnn1C)c1ccc(OC(F)F)cc1. The van der Waals surface area contributed by atoms with E-state index in [-0.39, 0.29) is 17.0 Å². The van der Waals surface area contributed by atoms with Crippen molar-refractivity contribution >= 4 is 11.9 Å². The van der Waals surface area contributed by atoms with E-state index in [0.29, 0.717) is 5.56 Å². The second kappa shape index (κ2) is 7.07. The Balaban J connectivity index is 2.12. The fourth-order valence-corrected chi connectivity index (χ4v) is 2.15. The standard InChI is InChI=1S/C15H15F2N3O4/c1-8(9-3-5-10(6-4-9)24-15(16)17)19-13(21)12-11(14(22)23)7-18-20(12)2/h3-8,15H,1-2H3,(H,19,21)(H,22,23)/t8-/m0/s1. The molecule has 1 aromatic carbocycles. The maximum Gasteiger partial charge on any atom is 0.387 e. The van der Waals surface area contributed by atoms with E-state index in [2.05, 4.69) is 15.2 Å². The van der Waals surface area contributed by atoms with Crippen LogP contribution in [0.2, 0.25) is 0 Å². The fourth-order valence-electron chi connectivity index (χ4n) is 2.15. The zero-order valence-corrected chi connectivity index (χ0v) is 12.9. The van der Waals surface area contributed by atoms with Gasteiger partial charge in [0.2, 0.25) is 0 Å². The average molecular weight is 339 g/mol. The van der Waals surface area contributed by atoms with E-state index < -0.39 is 24.5 Å². The van der Waals surface area contributed by atoms with Gasteiger partial charge in [-0.3, -0.25) is 9.48 Å². The summed E-state index contributed by atoms with van der Waals surface area (Å²) in [5.74, 6) is -1.85. The zero-order chi connectivity index (χ0) is 17.9. The molecule has 2 rings (SSSR count). The van der Waals surface area contributed by atoms with Gasteiger partial charge in [0.05, 0.1) is 12.2 Å². The Labute approximate surface area is 135 Å². The molecule has 0 fully saturated rings. The predicted octanol–water partition coefficient (Wildman–Crippen LogP) is 2.21. The minimum Gasteiger partial charge on any atom is -0.478 e. The number of rotatable bonds is 6. The maximum atomic E-state index is 12.3. The van der Waals surface area contributed by atoms with E-state index in [1.807, 2.05) is 0 Å². The average Bonchev–Trinajstić information content (AvgIpc) is 2.89. The molecule has 1 amide bonds. The van der Waals surface area contributed by atoms with Crippen LogP contribution in [0, 0.1) is 0 Å². The summed E-state index contributed by atoms with van der Waals surface area (Å²) in [6, 6.07) is 5.30. The third-order valence-corrected chi connectivity index (χ3v) is 3.34. The van der Waals surface area contributed by atoms with Crippen LogP contribution in [0.4, 0.5) is 8.78 Å². The summed E-state index contributed by atoms with van der Waals surface area (Å²) in [5.41, 5.74) is 0.360. The third-order valence-electron chi connectivity index (χ3n) is 3.34. The number of hydrogen-bond acceptors (Lipinski definition) is 4. The number of aromatic nitrogens is 2. The quantitative estimate of drug-likeness (QED) is 0.842. The molecular formula is C15H15F2N3O4. The molecule has 0 aliphatic rings.